The van der Waals surface area contributed by atoms with Crippen LogP contribution in [-0.2, 0) is 9.53 Å². The summed E-state index contributed by atoms with van der Waals surface area (Å²) in [6.07, 6.45) is 2.64. The van der Waals surface area contributed by atoms with E-state index in [2.05, 4.69) is 36.7 Å². The number of benzene rings is 2. The molecule has 196 valence electrons. The summed E-state index contributed by atoms with van der Waals surface area (Å²) in [5.41, 5.74) is -0.966. The molecule has 0 bridgehead atoms. The lowest BCUT2D eigenvalue weighted by Crippen LogP contribution is -2.66. The first kappa shape index (κ1) is 28.6. The number of alkyl halides is 1. The molecule has 1 N–H and O–H groups in total. The molecule has 36 heavy (non-hydrogen) atoms. The van der Waals surface area contributed by atoms with Crippen molar-refractivity contribution < 1.29 is 19.1 Å². The number of rotatable bonds is 12. The van der Waals surface area contributed by atoms with Crippen molar-refractivity contribution in [3.05, 3.63) is 60.7 Å². The molecule has 1 aliphatic rings. The van der Waals surface area contributed by atoms with Crippen LogP contribution in [0.1, 0.15) is 60.3 Å². The van der Waals surface area contributed by atoms with Gasteiger partial charge in [0, 0.05) is 17.8 Å². The predicted molar refractivity (Wildman–Crippen MR) is 152 cm³/mol. The van der Waals surface area contributed by atoms with Crippen molar-refractivity contribution in [1.29, 1.82) is 0 Å². The Morgan fingerprint density at radius 1 is 1.11 bits per heavy atom. The second-order valence-electron chi connectivity index (χ2n) is 10.8. The van der Waals surface area contributed by atoms with E-state index in [9.17, 15) is 14.4 Å². The number of hydrogen-bond donors (Lipinski definition) is 1. The summed E-state index contributed by atoms with van der Waals surface area (Å²) in [5.74, 6) is -0.171. The Morgan fingerprint density at radius 2 is 1.64 bits per heavy atom. The van der Waals surface area contributed by atoms with Gasteiger partial charge in [0.15, 0.2) is 5.78 Å². The van der Waals surface area contributed by atoms with E-state index in [4.69, 9.17) is 4.74 Å². The normalized spacial score (nSPS) is 21.4. The van der Waals surface area contributed by atoms with Crippen LogP contribution in [0.4, 0.5) is 4.79 Å². The smallest absolute Gasteiger partial charge is 0.411 e. The third-order valence-corrected chi connectivity index (χ3v) is 13.0. The number of ketones is 1. The fraction of sp³-hybridized carbons (Fsp3) is 0.517. The maximum atomic E-state index is 13.0. The van der Waals surface area contributed by atoms with Crippen LogP contribution in [0.15, 0.2) is 60.7 Å². The maximum absolute atomic E-state index is 13.0. The lowest BCUT2D eigenvalue weighted by Gasteiger charge is -2.46. The predicted octanol–water partition coefficient (Wildman–Crippen LogP) is 5.28. The summed E-state index contributed by atoms with van der Waals surface area (Å²) in [7, 11) is -3.25. The molecule has 1 amide bonds. The quantitative estimate of drug-likeness (QED) is 0.213. The Labute approximate surface area is 225 Å². The van der Waals surface area contributed by atoms with Crippen molar-refractivity contribution in [1.82, 2.24) is 4.90 Å². The highest BCUT2D eigenvalue weighted by molar-refractivity contribution is 9.09. The molecular weight excluding hydrogens is 534 g/mol. The van der Waals surface area contributed by atoms with Gasteiger partial charge in [0.2, 0.25) is 0 Å². The van der Waals surface area contributed by atoms with Gasteiger partial charge >= 0.3 is 6.09 Å². The number of ether oxygens (including phenoxy) is 1. The number of hydrogen-bond acceptors (Lipinski definition) is 4. The van der Waals surface area contributed by atoms with Crippen molar-refractivity contribution in [3.63, 3.8) is 0 Å². The van der Waals surface area contributed by atoms with E-state index in [1.807, 2.05) is 67.6 Å². The van der Waals surface area contributed by atoms with Crippen LogP contribution in [0.3, 0.4) is 0 Å². The minimum atomic E-state index is -3.25. The van der Waals surface area contributed by atoms with Crippen LogP contribution in [0.2, 0.25) is 5.04 Å². The topological polar surface area (TPSA) is 66.8 Å². The van der Waals surface area contributed by atoms with Gasteiger partial charge in [-0.2, -0.15) is 0 Å². The van der Waals surface area contributed by atoms with Crippen LogP contribution in [0.5, 0.6) is 0 Å². The SMILES string of the molecule is CC[C@@H](CC(C)(C)[Si](O)(c1ccccc1)c1ccccc1)[C@@]1(C)OC(=O)N(CCCCBr)[C@@H]1C(C)=O. The average molecular weight is 575 g/mol. The first-order chi connectivity index (χ1) is 17.0. The molecule has 0 unspecified atom stereocenters. The summed E-state index contributed by atoms with van der Waals surface area (Å²) in [5, 5.41) is 2.23. The summed E-state index contributed by atoms with van der Waals surface area (Å²) in [6, 6.07) is 19.3. The third kappa shape index (κ3) is 5.34. The molecule has 0 aromatic heterocycles. The van der Waals surface area contributed by atoms with Crippen molar-refractivity contribution in [2.24, 2.45) is 5.92 Å². The summed E-state index contributed by atoms with van der Waals surface area (Å²) < 4.78 is 6.08. The highest BCUT2D eigenvalue weighted by Gasteiger charge is 2.59. The Bertz CT molecular complexity index is 993. The molecule has 5 nitrogen and oxygen atoms in total. The van der Waals surface area contributed by atoms with Gasteiger partial charge in [-0.15, -0.1) is 0 Å². The zero-order chi connectivity index (χ0) is 26.6. The van der Waals surface area contributed by atoms with Crippen LogP contribution in [0, 0.1) is 5.92 Å². The van der Waals surface area contributed by atoms with Crippen molar-refractivity contribution in [2.75, 3.05) is 11.9 Å². The molecule has 2 aromatic carbocycles. The average Bonchev–Trinajstić information content (AvgIpc) is 3.13. The molecule has 0 saturated carbocycles. The first-order valence-corrected chi connectivity index (χ1v) is 16.0. The third-order valence-electron chi connectivity index (χ3n) is 7.99. The van der Waals surface area contributed by atoms with E-state index < -0.39 is 31.1 Å². The molecular formula is C29H40BrNO4Si. The van der Waals surface area contributed by atoms with E-state index in [1.165, 1.54) is 0 Å². The zero-order valence-electron chi connectivity index (χ0n) is 22.2. The van der Waals surface area contributed by atoms with E-state index >= 15 is 0 Å². The van der Waals surface area contributed by atoms with Crippen LogP contribution in [0.25, 0.3) is 0 Å². The van der Waals surface area contributed by atoms with Gasteiger partial charge < -0.3 is 9.53 Å². The zero-order valence-corrected chi connectivity index (χ0v) is 24.8. The van der Waals surface area contributed by atoms with E-state index in [0.717, 1.165) is 35.0 Å². The summed E-state index contributed by atoms with van der Waals surface area (Å²) in [6.45, 7) is 10.3. The molecule has 1 saturated heterocycles. The van der Waals surface area contributed by atoms with Gasteiger partial charge in [0.25, 0.3) is 8.32 Å². The Balaban J connectivity index is 2.02. The lowest BCUT2D eigenvalue weighted by atomic mass is 9.75. The van der Waals surface area contributed by atoms with Gasteiger partial charge in [0.05, 0.1) is 0 Å². The molecule has 1 aliphatic heterocycles. The molecule has 0 spiro atoms. The number of unbranched alkanes of at least 4 members (excludes halogenated alkanes) is 1. The van der Waals surface area contributed by atoms with Crippen LogP contribution >= 0.6 is 15.9 Å². The van der Waals surface area contributed by atoms with Crippen molar-refractivity contribution in [3.8, 4) is 0 Å². The standard InChI is InChI=1S/C29H40BrNO4Si/c1-6-23(29(5)26(22(2)32)31(27(33)35-29)20-14-13-19-30)21-28(3,4)36(34,24-15-9-7-10-16-24)25-17-11-8-12-18-25/h7-12,15-18,23,26,34H,6,13-14,19-21H2,1-5H3/t23-,26+,29+/m0/s1. The Hall–Kier alpha value is -1.96. The fourth-order valence-corrected chi connectivity index (χ4v) is 10.3. The van der Waals surface area contributed by atoms with E-state index in [0.29, 0.717) is 13.0 Å². The number of amides is 1. The van der Waals surface area contributed by atoms with Crippen LogP contribution < -0.4 is 10.4 Å². The minimum Gasteiger partial charge on any atom is -0.440 e. The second-order valence-corrected chi connectivity index (χ2v) is 15.5. The van der Waals surface area contributed by atoms with Crippen molar-refractivity contribution >= 4 is 46.5 Å². The van der Waals surface area contributed by atoms with Gasteiger partial charge in [0.1, 0.15) is 11.6 Å². The van der Waals surface area contributed by atoms with E-state index in [-0.39, 0.29) is 11.7 Å². The maximum Gasteiger partial charge on any atom is 0.411 e. The molecule has 3 rings (SSSR count). The van der Waals surface area contributed by atoms with Gasteiger partial charge in [-0.1, -0.05) is 97.4 Å². The number of Topliss-reactive ketones (excluding diaryl/α,β-unsaturated/α-hetero) is 1. The fourth-order valence-electron chi connectivity index (χ4n) is 6.07. The van der Waals surface area contributed by atoms with Crippen LogP contribution in [-0.4, -0.2) is 53.4 Å². The molecule has 3 atom stereocenters. The number of carbonyl (C=O) groups excluding carboxylic acids is 2. The molecule has 7 heteroatoms. The Kier molecular flexibility index (Phi) is 9.23. The number of carbonyl (C=O) groups is 2. The highest BCUT2D eigenvalue weighted by atomic mass is 79.9. The monoisotopic (exact) mass is 573 g/mol. The first-order valence-electron chi connectivity index (χ1n) is 12.9. The van der Waals surface area contributed by atoms with Gasteiger partial charge in [-0.3, -0.25) is 9.69 Å². The molecule has 2 aromatic rings. The lowest BCUT2D eigenvalue weighted by molar-refractivity contribution is -0.126. The minimum absolute atomic E-state index is 0.0583. The number of cyclic esters (lactones) is 1. The number of nitrogens with zero attached hydrogens (tertiary/aromatic N) is 1. The summed E-state index contributed by atoms with van der Waals surface area (Å²) >= 11 is 3.44. The second kappa shape index (κ2) is 11.6. The highest BCUT2D eigenvalue weighted by Crippen LogP contribution is 2.48. The Morgan fingerprint density at radius 3 is 2.08 bits per heavy atom. The molecule has 1 heterocycles. The van der Waals surface area contributed by atoms with E-state index in [1.54, 1.807) is 11.8 Å². The van der Waals surface area contributed by atoms with Gasteiger partial charge in [-0.05, 0) is 54.9 Å². The van der Waals surface area contributed by atoms with Crippen molar-refractivity contribution in [2.45, 2.75) is 77.0 Å². The van der Waals surface area contributed by atoms with Gasteiger partial charge in [-0.25, -0.2) is 4.79 Å². The molecule has 1 fully saturated rings. The molecule has 0 radical (unpaired) electrons. The number of halogens is 1. The summed E-state index contributed by atoms with van der Waals surface area (Å²) in [4.78, 5) is 40.2. The molecule has 0 aliphatic carbocycles. The largest absolute Gasteiger partial charge is 0.440 e.